The van der Waals surface area contributed by atoms with E-state index >= 15 is 0 Å². The van der Waals surface area contributed by atoms with E-state index in [1.54, 1.807) is 13.1 Å². The number of hydrogen-bond acceptors (Lipinski definition) is 7. The van der Waals surface area contributed by atoms with Gasteiger partial charge in [0.25, 0.3) is 5.89 Å². The summed E-state index contributed by atoms with van der Waals surface area (Å²) in [6.45, 7) is 2.34. The van der Waals surface area contributed by atoms with Crippen molar-refractivity contribution >= 4 is 5.91 Å². The molecule has 0 aliphatic carbocycles. The van der Waals surface area contributed by atoms with E-state index in [0.29, 0.717) is 30.2 Å². The molecule has 0 spiro atoms. The van der Waals surface area contributed by atoms with Gasteiger partial charge in [0.2, 0.25) is 5.91 Å². The van der Waals surface area contributed by atoms with Gasteiger partial charge in [-0.1, -0.05) is 22.5 Å². The van der Waals surface area contributed by atoms with E-state index in [4.69, 9.17) is 4.52 Å². The summed E-state index contributed by atoms with van der Waals surface area (Å²) in [6, 6.07) is 5.12. The Bertz CT molecular complexity index is 936. The average Bonchev–Trinajstić information content (AvgIpc) is 3.24. The van der Waals surface area contributed by atoms with Crippen molar-refractivity contribution in [3.8, 4) is 17.3 Å². The van der Waals surface area contributed by atoms with Crippen molar-refractivity contribution < 1.29 is 27.2 Å². The minimum absolute atomic E-state index is 0.0240. The van der Waals surface area contributed by atoms with Crippen molar-refractivity contribution in [2.45, 2.75) is 26.3 Å². The fourth-order valence-electron chi connectivity index (χ4n) is 2.27. The van der Waals surface area contributed by atoms with Crippen LogP contribution >= 0.6 is 0 Å². The van der Waals surface area contributed by atoms with Crippen molar-refractivity contribution in [1.29, 1.82) is 0 Å². The highest BCUT2D eigenvalue weighted by Gasteiger charge is 2.30. The lowest BCUT2D eigenvalue weighted by Gasteiger charge is -2.09. The molecule has 12 heteroatoms. The number of halogens is 3. The molecule has 0 saturated carbocycles. The normalized spacial score (nSPS) is 11.4. The molecular weight excluding hydrogens is 381 g/mol. The monoisotopic (exact) mass is 396 g/mol. The van der Waals surface area contributed by atoms with Crippen LogP contribution in [0, 0.1) is 6.92 Å². The summed E-state index contributed by atoms with van der Waals surface area (Å²) in [4.78, 5) is 16.0. The number of carbonyl (C=O) groups is 1. The third-order valence-electron chi connectivity index (χ3n) is 3.47. The van der Waals surface area contributed by atoms with E-state index in [1.165, 1.54) is 16.8 Å². The number of aryl methyl sites for hydroxylation is 1. The molecule has 0 fully saturated rings. The lowest BCUT2D eigenvalue weighted by atomic mass is 10.1. The third kappa shape index (κ3) is 5.53. The van der Waals surface area contributed by atoms with Crippen LogP contribution in [0.5, 0.6) is 5.75 Å². The van der Waals surface area contributed by atoms with Crippen LogP contribution in [0.25, 0.3) is 11.6 Å². The number of ether oxygens (including phenoxy) is 1. The van der Waals surface area contributed by atoms with Crippen LogP contribution < -0.4 is 10.1 Å². The van der Waals surface area contributed by atoms with Gasteiger partial charge >= 0.3 is 6.36 Å². The molecule has 0 atom stereocenters. The van der Waals surface area contributed by atoms with Crippen LogP contribution in [0.15, 0.2) is 35.0 Å². The molecule has 148 valence electrons. The summed E-state index contributed by atoms with van der Waals surface area (Å²) in [7, 11) is 0. The van der Waals surface area contributed by atoms with E-state index in [9.17, 15) is 18.0 Å². The Morgan fingerprint density at radius 2 is 2.04 bits per heavy atom. The Balaban J connectivity index is 1.44. The number of alkyl halides is 3. The van der Waals surface area contributed by atoms with Gasteiger partial charge in [-0.3, -0.25) is 4.79 Å². The highest BCUT2D eigenvalue weighted by molar-refractivity contribution is 5.78. The maximum atomic E-state index is 12.1. The summed E-state index contributed by atoms with van der Waals surface area (Å²) in [5.74, 6) is 0.119. The van der Waals surface area contributed by atoms with Crippen molar-refractivity contribution in [1.82, 2.24) is 30.5 Å². The molecule has 0 aliphatic rings. The Morgan fingerprint density at radius 3 is 2.68 bits per heavy atom. The molecular formula is C16H15F3N6O3. The maximum Gasteiger partial charge on any atom is 0.573 e. The van der Waals surface area contributed by atoms with E-state index in [0.717, 1.165) is 12.1 Å². The van der Waals surface area contributed by atoms with E-state index < -0.39 is 6.36 Å². The first-order valence-corrected chi connectivity index (χ1v) is 8.11. The molecule has 9 nitrogen and oxygen atoms in total. The number of rotatable bonds is 7. The van der Waals surface area contributed by atoms with Crippen LogP contribution in [-0.4, -0.2) is 43.9 Å². The minimum atomic E-state index is -4.75. The molecule has 3 rings (SSSR count). The lowest BCUT2D eigenvalue weighted by molar-refractivity contribution is -0.274. The molecule has 1 aromatic carbocycles. The number of nitrogens with one attached hydrogen (secondary N) is 1. The van der Waals surface area contributed by atoms with Gasteiger partial charge in [0.05, 0.1) is 19.2 Å². The summed E-state index contributed by atoms with van der Waals surface area (Å²) in [6.07, 6.45) is -3.11. The van der Waals surface area contributed by atoms with Gasteiger partial charge < -0.3 is 14.6 Å². The molecule has 2 aromatic heterocycles. The van der Waals surface area contributed by atoms with Gasteiger partial charge in [-0.2, -0.15) is 4.98 Å². The zero-order valence-corrected chi connectivity index (χ0v) is 14.6. The lowest BCUT2D eigenvalue weighted by Crippen LogP contribution is -2.28. The fraction of sp³-hybridized carbons (Fsp3) is 0.312. The standard InChI is InChI=1S/C16H15F3N6O3/c1-10-21-15(28-23-10)13-9-25(24-22-13)7-6-20-14(26)8-11-2-4-12(5-3-11)27-16(17,18)19/h2-5,9H,6-8H2,1H3,(H,20,26). The smallest absolute Gasteiger partial charge is 0.406 e. The summed E-state index contributed by atoms with van der Waals surface area (Å²) in [5.41, 5.74) is 0.981. The first kappa shape index (κ1) is 19.3. The van der Waals surface area contributed by atoms with Crippen molar-refractivity contribution in [3.05, 3.63) is 41.9 Å². The number of amides is 1. The molecule has 0 unspecified atom stereocenters. The first-order chi connectivity index (χ1) is 13.3. The van der Waals surface area contributed by atoms with Crippen LogP contribution in [-0.2, 0) is 17.8 Å². The van der Waals surface area contributed by atoms with Gasteiger partial charge in [0.1, 0.15) is 5.75 Å². The van der Waals surface area contributed by atoms with Gasteiger partial charge in [-0.15, -0.1) is 18.3 Å². The number of aromatic nitrogens is 5. The van der Waals surface area contributed by atoms with Crippen LogP contribution in [0.4, 0.5) is 13.2 Å². The van der Waals surface area contributed by atoms with E-state index in [-0.39, 0.29) is 24.0 Å². The zero-order chi connectivity index (χ0) is 20.1. The average molecular weight is 396 g/mol. The van der Waals surface area contributed by atoms with Gasteiger partial charge in [-0.05, 0) is 24.6 Å². The largest absolute Gasteiger partial charge is 0.573 e. The highest BCUT2D eigenvalue weighted by atomic mass is 19.4. The van der Waals surface area contributed by atoms with Gasteiger partial charge in [0.15, 0.2) is 11.5 Å². The molecule has 28 heavy (non-hydrogen) atoms. The molecule has 0 bridgehead atoms. The molecule has 2 heterocycles. The second-order valence-electron chi connectivity index (χ2n) is 5.73. The van der Waals surface area contributed by atoms with Gasteiger partial charge in [0, 0.05) is 6.54 Å². The summed E-state index contributed by atoms with van der Waals surface area (Å²) >= 11 is 0. The Labute approximate surface area is 156 Å². The number of benzene rings is 1. The molecule has 1 amide bonds. The minimum Gasteiger partial charge on any atom is -0.406 e. The fourth-order valence-corrected chi connectivity index (χ4v) is 2.27. The maximum absolute atomic E-state index is 12.1. The van der Waals surface area contributed by atoms with Crippen molar-refractivity contribution in [2.24, 2.45) is 0 Å². The number of hydrogen-bond donors (Lipinski definition) is 1. The molecule has 3 aromatic rings. The summed E-state index contributed by atoms with van der Waals surface area (Å²) in [5, 5.41) is 14.2. The Kier molecular flexibility index (Phi) is 5.57. The van der Waals surface area contributed by atoms with Crippen LogP contribution in [0.1, 0.15) is 11.4 Å². The molecule has 0 aliphatic heterocycles. The topological polar surface area (TPSA) is 108 Å². The second kappa shape index (κ2) is 8.06. The third-order valence-corrected chi connectivity index (χ3v) is 3.47. The first-order valence-electron chi connectivity index (χ1n) is 8.11. The Hall–Kier alpha value is -3.44. The number of carbonyl (C=O) groups excluding carboxylic acids is 1. The second-order valence-corrected chi connectivity index (χ2v) is 5.73. The quantitative estimate of drug-likeness (QED) is 0.650. The predicted molar refractivity (Wildman–Crippen MR) is 87.9 cm³/mol. The highest BCUT2D eigenvalue weighted by Crippen LogP contribution is 2.22. The zero-order valence-electron chi connectivity index (χ0n) is 14.6. The molecule has 0 radical (unpaired) electrons. The predicted octanol–water partition coefficient (Wildman–Crippen LogP) is 1.89. The van der Waals surface area contributed by atoms with Crippen LogP contribution in [0.2, 0.25) is 0 Å². The molecule has 0 saturated heterocycles. The van der Waals surface area contributed by atoms with E-state index in [2.05, 4.69) is 30.5 Å². The Morgan fingerprint density at radius 1 is 1.29 bits per heavy atom. The van der Waals surface area contributed by atoms with Crippen LogP contribution in [0.3, 0.4) is 0 Å². The van der Waals surface area contributed by atoms with E-state index in [1.807, 2.05) is 0 Å². The SMILES string of the molecule is Cc1noc(-c2cn(CCNC(=O)Cc3ccc(OC(F)(F)F)cc3)nn2)n1. The summed E-state index contributed by atoms with van der Waals surface area (Å²) < 4.78 is 46.6. The van der Waals surface area contributed by atoms with Gasteiger partial charge in [-0.25, -0.2) is 4.68 Å². The molecule has 1 N–H and O–H groups in total. The van der Waals surface area contributed by atoms with Crippen molar-refractivity contribution in [2.75, 3.05) is 6.54 Å². The number of nitrogens with zero attached hydrogens (tertiary/aromatic N) is 5. The van der Waals surface area contributed by atoms with Crippen molar-refractivity contribution in [3.63, 3.8) is 0 Å².